The Bertz CT molecular complexity index is 367. The lowest BCUT2D eigenvalue weighted by atomic mass is 10.2. The Morgan fingerprint density at radius 3 is 3.00 bits per heavy atom. The number of carbonyl (C=O) groups excluding carboxylic acids is 1. The minimum absolute atomic E-state index is 0.171. The van der Waals surface area contributed by atoms with Crippen LogP contribution in [0.25, 0.3) is 0 Å². The quantitative estimate of drug-likeness (QED) is 0.518. The second-order valence-corrected chi connectivity index (χ2v) is 2.77. The monoisotopic (exact) mass is 180 g/mol. The molecule has 0 amide bonds. The average molecular weight is 180 g/mol. The van der Waals surface area contributed by atoms with Gasteiger partial charge in [0.05, 0.1) is 5.56 Å². The summed E-state index contributed by atoms with van der Waals surface area (Å²) in [6, 6.07) is 1.57. The summed E-state index contributed by atoms with van der Waals surface area (Å²) in [6.45, 7) is 0. The molecule has 0 unspecified atom stereocenters. The molecule has 0 aliphatic rings. The number of carboxylic acid groups (broad SMARTS) is 1. The van der Waals surface area contributed by atoms with E-state index in [1.165, 1.54) is 0 Å². The molecule has 1 heterocycles. The van der Waals surface area contributed by atoms with Crippen molar-refractivity contribution < 1.29 is 14.7 Å². The Hall–Kier alpha value is -1.60. The first-order chi connectivity index (χ1) is 5.75. The van der Waals surface area contributed by atoms with Crippen LogP contribution in [0.4, 0.5) is 0 Å². The fourth-order valence-corrected chi connectivity index (χ4v) is 1.37. The standard InChI is InChI=1S/C8H4O3S/c9-4-1-2-6-3-5-12-7(6)8(10)11/h3-5H,(H,10,11). The number of hydrogen-bond donors (Lipinski definition) is 1. The van der Waals surface area contributed by atoms with Gasteiger partial charge in [0.25, 0.3) is 0 Å². The van der Waals surface area contributed by atoms with Crippen LogP contribution in [0, 0.1) is 11.8 Å². The number of aromatic carboxylic acids is 1. The summed E-state index contributed by atoms with van der Waals surface area (Å²) in [5.41, 5.74) is 0.389. The molecule has 1 aromatic rings. The van der Waals surface area contributed by atoms with E-state index in [4.69, 9.17) is 5.11 Å². The molecule has 0 atom stereocenters. The van der Waals surface area contributed by atoms with Crippen LogP contribution >= 0.6 is 11.3 Å². The second kappa shape index (κ2) is 3.69. The first-order valence-electron chi connectivity index (χ1n) is 3.01. The zero-order valence-corrected chi connectivity index (χ0v) is 6.72. The van der Waals surface area contributed by atoms with Crippen molar-refractivity contribution in [3.05, 3.63) is 21.9 Å². The molecule has 0 saturated heterocycles. The summed E-state index contributed by atoms with van der Waals surface area (Å²) in [5, 5.41) is 10.2. The van der Waals surface area contributed by atoms with Gasteiger partial charge in [-0.3, -0.25) is 4.79 Å². The minimum atomic E-state index is -1.01. The van der Waals surface area contributed by atoms with E-state index < -0.39 is 5.97 Å². The Balaban J connectivity index is 3.07. The molecule has 0 aromatic carbocycles. The van der Waals surface area contributed by atoms with Crippen LogP contribution in [-0.2, 0) is 4.79 Å². The zero-order valence-electron chi connectivity index (χ0n) is 5.90. The second-order valence-electron chi connectivity index (χ2n) is 1.86. The highest BCUT2D eigenvalue weighted by molar-refractivity contribution is 7.12. The van der Waals surface area contributed by atoms with Crippen LogP contribution in [0.1, 0.15) is 15.2 Å². The normalized spacial score (nSPS) is 8.33. The van der Waals surface area contributed by atoms with Crippen molar-refractivity contribution in [2.45, 2.75) is 0 Å². The Morgan fingerprint density at radius 2 is 2.42 bits per heavy atom. The lowest BCUT2D eigenvalue weighted by Crippen LogP contribution is -1.94. The van der Waals surface area contributed by atoms with Crippen molar-refractivity contribution in [2.75, 3.05) is 0 Å². The van der Waals surface area contributed by atoms with Gasteiger partial charge in [0.2, 0.25) is 0 Å². The molecule has 3 nitrogen and oxygen atoms in total. The zero-order chi connectivity index (χ0) is 8.97. The molecular formula is C8H4O3S. The summed E-state index contributed by atoms with van der Waals surface area (Å²) in [4.78, 5) is 20.5. The number of rotatable bonds is 1. The highest BCUT2D eigenvalue weighted by Gasteiger charge is 2.08. The van der Waals surface area contributed by atoms with E-state index in [-0.39, 0.29) is 4.88 Å². The van der Waals surface area contributed by atoms with Crippen molar-refractivity contribution in [2.24, 2.45) is 0 Å². The summed E-state index contributed by atoms with van der Waals surface area (Å²) < 4.78 is 0. The third-order valence-corrected chi connectivity index (χ3v) is 2.03. The van der Waals surface area contributed by atoms with Crippen LogP contribution < -0.4 is 0 Å². The van der Waals surface area contributed by atoms with Gasteiger partial charge in [-0.25, -0.2) is 4.79 Å². The smallest absolute Gasteiger partial charge is 0.347 e. The number of carboxylic acids is 1. The SMILES string of the molecule is O=CC#Cc1ccsc1C(=O)O. The Labute approximate surface area is 72.6 Å². The fraction of sp³-hybridized carbons (Fsp3) is 0. The third-order valence-electron chi connectivity index (χ3n) is 1.13. The van der Waals surface area contributed by atoms with Gasteiger partial charge in [0.15, 0.2) is 6.29 Å². The summed E-state index contributed by atoms with van der Waals surface area (Å²) in [7, 11) is 0. The van der Waals surface area contributed by atoms with E-state index in [9.17, 15) is 9.59 Å². The number of carbonyl (C=O) groups is 2. The lowest BCUT2D eigenvalue weighted by molar-refractivity contribution is -0.103. The Kier molecular flexibility index (Phi) is 2.62. The molecule has 0 saturated carbocycles. The predicted octanol–water partition coefficient (Wildman–Crippen LogP) is 0.997. The number of thiophene rings is 1. The highest BCUT2D eigenvalue weighted by Crippen LogP contribution is 2.14. The van der Waals surface area contributed by atoms with E-state index >= 15 is 0 Å². The lowest BCUT2D eigenvalue weighted by Gasteiger charge is -1.86. The molecule has 4 heteroatoms. The molecule has 0 aliphatic heterocycles. The molecule has 1 rings (SSSR count). The predicted molar refractivity (Wildman–Crippen MR) is 44.2 cm³/mol. The molecule has 1 N–H and O–H groups in total. The largest absolute Gasteiger partial charge is 0.477 e. The van der Waals surface area contributed by atoms with Gasteiger partial charge >= 0.3 is 5.97 Å². The Morgan fingerprint density at radius 1 is 1.67 bits per heavy atom. The molecule has 60 valence electrons. The van der Waals surface area contributed by atoms with Gasteiger partial charge < -0.3 is 5.11 Å². The first-order valence-corrected chi connectivity index (χ1v) is 3.89. The van der Waals surface area contributed by atoms with Gasteiger partial charge in [0.1, 0.15) is 4.88 Å². The molecule has 0 bridgehead atoms. The fourth-order valence-electron chi connectivity index (χ4n) is 0.681. The van der Waals surface area contributed by atoms with Crippen molar-refractivity contribution >= 4 is 23.6 Å². The molecule has 0 aliphatic carbocycles. The first kappa shape index (κ1) is 8.50. The van der Waals surface area contributed by atoms with Crippen LogP contribution in [0.15, 0.2) is 11.4 Å². The van der Waals surface area contributed by atoms with Gasteiger partial charge in [-0.2, -0.15) is 0 Å². The van der Waals surface area contributed by atoms with Crippen molar-refractivity contribution in [1.29, 1.82) is 0 Å². The van der Waals surface area contributed by atoms with E-state index in [1.54, 1.807) is 11.4 Å². The number of hydrogen-bond acceptors (Lipinski definition) is 3. The van der Waals surface area contributed by atoms with Crippen molar-refractivity contribution in [3.8, 4) is 11.8 Å². The van der Waals surface area contributed by atoms with E-state index in [1.807, 2.05) is 0 Å². The maximum absolute atomic E-state index is 10.5. The van der Waals surface area contributed by atoms with Crippen LogP contribution in [0.3, 0.4) is 0 Å². The molecule has 1 aromatic heterocycles. The van der Waals surface area contributed by atoms with E-state index in [2.05, 4.69) is 11.8 Å². The van der Waals surface area contributed by atoms with E-state index in [0.29, 0.717) is 11.8 Å². The van der Waals surface area contributed by atoms with Crippen molar-refractivity contribution in [3.63, 3.8) is 0 Å². The van der Waals surface area contributed by atoms with Gasteiger partial charge in [-0.1, -0.05) is 5.92 Å². The minimum Gasteiger partial charge on any atom is -0.477 e. The molecule has 0 spiro atoms. The summed E-state index contributed by atoms with van der Waals surface area (Å²) >= 11 is 1.09. The summed E-state index contributed by atoms with van der Waals surface area (Å²) in [6.07, 6.45) is 0.434. The van der Waals surface area contributed by atoms with Crippen molar-refractivity contribution in [1.82, 2.24) is 0 Å². The molecule has 0 fully saturated rings. The third kappa shape index (κ3) is 1.71. The number of aldehydes is 1. The van der Waals surface area contributed by atoms with Crippen LogP contribution in [0.2, 0.25) is 0 Å². The molecular weight excluding hydrogens is 176 g/mol. The highest BCUT2D eigenvalue weighted by atomic mass is 32.1. The molecule has 0 radical (unpaired) electrons. The van der Waals surface area contributed by atoms with Gasteiger partial charge in [0, 0.05) is 0 Å². The maximum Gasteiger partial charge on any atom is 0.347 e. The van der Waals surface area contributed by atoms with Gasteiger partial charge in [-0.15, -0.1) is 11.3 Å². The molecule has 12 heavy (non-hydrogen) atoms. The average Bonchev–Trinajstić information content (AvgIpc) is 2.48. The van der Waals surface area contributed by atoms with Crippen LogP contribution in [0.5, 0.6) is 0 Å². The van der Waals surface area contributed by atoms with Crippen LogP contribution in [-0.4, -0.2) is 17.4 Å². The summed E-state index contributed by atoms with van der Waals surface area (Å²) in [5.74, 6) is 3.58. The maximum atomic E-state index is 10.5. The van der Waals surface area contributed by atoms with E-state index in [0.717, 1.165) is 11.3 Å². The topological polar surface area (TPSA) is 54.4 Å². The van der Waals surface area contributed by atoms with Gasteiger partial charge in [-0.05, 0) is 17.4 Å².